The average molecular weight is 512 g/mol. The van der Waals surface area contributed by atoms with Gasteiger partial charge in [0.15, 0.2) is 41.8 Å². The molecule has 0 aromatic carbocycles. The first-order chi connectivity index (χ1) is 18.0. The van der Waals surface area contributed by atoms with Crippen molar-refractivity contribution >= 4 is 35.9 Å². The van der Waals surface area contributed by atoms with Gasteiger partial charge in [0, 0.05) is 32.6 Å². The van der Waals surface area contributed by atoms with Gasteiger partial charge in [-0.05, 0) is 0 Å². The van der Waals surface area contributed by atoms with E-state index in [0.29, 0.717) is 36.4 Å². The lowest BCUT2D eigenvalue weighted by Gasteiger charge is -2.21. The minimum Gasteiger partial charge on any atom is -0.457 e. The summed E-state index contributed by atoms with van der Waals surface area (Å²) >= 11 is 0. The van der Waals surface area contributed by atoms with Crippen LogP contribution >= 0.6 is 0 Å². The normalized spacial score (nSPS) is 21.2. The van der Waals surface area contributed by atoms with Gasteiger partial charge in [0.2, 0.25) is 5.95 Å². The summed E-state index contributed by atoms with van der Waals surface area (Å²) in [5.41, 5.74) is 7.67. The summed E-state index contributed by atoms with van der Waals surface area (Å²) in [6.45, 7) is 2.83. The molecule has 5 heterocycles. The van der Waals surface area contributed by atoms with Crippen molar-refractivity contribution in [2.75, 3.05) is 17.6 Å². The summed E-state index contributed by atoms with van der Waals surface area (Å²) in [7, 11) is 1.89. The van der Waals surface area contributed by atoms with Gasteiger partial charge >= 0.3 is 0 Å². The molecule has 194 valence electrons. The molecule has 5 rings (SSSR count). The molecular formula is C21H24N10O6. The van der Waals surface area contributed by atoms with Crippen molar-refractivity contribution in [1.82, 2.24) is 39.2 Å². The molecule has 3 N–H and O–H groups in total. The summed E-state index contributed by atoms with van der Waals surface area (Å²) in [6, 6.07) is 0. The largest absolute Gasteiger partial charge is 0.457 e. The first-order valence-electron chi connectivity index (χ1n) is 11.4. The minimum atomic E-state index is -1.08. The van der Waals surface area contributed by atoms with Gasteiger partial charge in [0.25, 0.3) is 18.8 Å². The van der Waals surface area contributed by atoms with E-state index in [9.17, 15) is 9.59 Å². The predicted octanol–water partition coefficient (Wildman–Crippen LogP) is 0.0953. The van der Waals surface area contributed by atoms with E-state index in [1.807, 2.05) is 24.7 Å². The third-order valence-electron chi connectivity index (χ3n) is 5.80. The van der Waals surface area contributed by atoms with Gasteiger partial charge in [0.1, 0.15) is 5.52 Å². The summed E-state index contributed by atoms with van der Waals surface area (Å²) in [5, 5.41) is 6.99. The van der Waals surface area contributed by atoms with E-state index < -0.39 is 24.5 Å². The standard InChI is InChI=1S/C21H24N10O6/c1-3-12-26-19(37-29-12)15-14(34-9-32)16(35-10-33)20(36-15)31-8-25-13-17(22)27-21(28-18(13)31)23-5-4-11-6-30(2)7-24-11/h6-10,14-16,20H,3-5H2,1-2H3,(H3,22,23,27,28)/t14-,15+,16-,20-/m1/s1. The quantitative estimate of drug-likeness (QED) is 0.256. The van der Waals surface area contributed by atoms with Crippen molar-refractivity contribution in [3.63, 3.8) is 0 Å². The average Bonchev–Trinajstić information content (AvgIpc) is 3.67. The Kier molecular flexibility index (Phi) is 6.63. The fourth-order valence-corrected chi connectivity index (χ4v) is 4.11. The first-order valence-corrected chi connectivity index (χ1v) is 11.4. The maximum Gasteiger partial charge on any atom is 0.293 e. The van der Waals surface area contributed by atoms with Crippen molar-refractivity contribution in [1.29, 1.82) is 0 Å². The summed E-state index contributed by atoms with van der Waals surface area (Å²) in [4.78, 5) is 44.3. The van der Waals surface area contributed by atoms with Gasteiger partial charge in [-0.25, -0.2) is 9.97 Å². The van der Waals surface area contributed by atoms with Gasteiger partial charge in [-0.1, -0.05) is 12.1 Å². The van der Waals surface area contributed by atoms with E-state index in [4.69, 9.17) is 24.5 Å². The maximum atomic E-state index is 11.4. The highest BCUT2D eigenvalue weighted by Crippen LogP contribution is 2.42. The van der Waals surface area contributed by atoms with Gasteiger partial charge in [-0.15, -0.1) is 0 Å². The first kappa shape index (κ1) is 24.1. The fraction of sp³-hybridized carbons (Fsp3) is 0.429. The molecule has 1 fully saturated rings. The highest BCUT2D eigenvalue weighted by molar-refractivity contribution is 5.83. The fourth-order valence-electron chi connectivity index (χ4n) is 4.11. The SMILES string of the molecule is CCc1noc([C@H]2O[C@@H](n3cnc4c(N)nc(NCCc5cn(C)cn5)nc43)[C@H](OC=O)[C@@H]2OC=O)n1. The number of ether oxygens (including phenoxy) is 3. The molecule has 0 spiro atoms. The lowest BCUT2D eigenvalue weighted by atomic mass is 10.1. The number of nitrogens with two attached hydrogens (primary N) is 1. The number of carbonyl (C=O) groups is 2. The Labute approximate surface area is 209 Å². The molecule has 0 unspecified atom stereocenters. The van der Waals surface area contributed by atoms with Crippen LogP contribution in [0, 0.1) is 0 Å². The van der Waals surface area contributed by atoms with Gasteiger partial charge in [0.05, 0.1) is 18.3 Å². The van der Waals surface area contributed by atoms with Crippen molar-refractivity contribution in [3.05, 3.63) is 36.3 Å². The highest BCUT2D eigenvalue weighted by atomic mass is 16.6. The van der Waals surface area contributed by atoms with Crippen LogP contribution in [0.4, 0.5) is 11.8 Å². The van der Waals surface area contributed by atoms with Crippen LogP contribution in [0.5, 0.6) is 0 Å². The highest BCUT2D eigenvalue weighted by Gasteiger charge is 2.52. The van der Waals surface area contributed by atoms with Crippen LogP contribution < -0.4 is 11.1 Å². The third-order valence-corrected chi connectivity index (χ3v) is 5.80. The van der Waals surface area contributed by atoms with E-state index in [-0.39, 0.29) is 30.6 Å². The van der Waals surface area contributed by atoms with E-state index >= 15 is 0 Å². The monoisotopic (exact) mass is 512 g/mol. The Bertz CT molecular complexity index is 1400. The Hall–Kier alpha value is -4.60. The van der Waals surface area contributed by atoms with Crippen LogP contribution in [0.2, 0.25) is 0 Å². The number of rotatable bonds is 11. The zero-order chi connectivity index (χ0) is 25.9. The number of hydrogen-bond acceptors (Lipinski definition) is 14. The second-order valence-corrected chi connectivity index (χ2v) is 8.21. The van der Waals surface area contributed by atoms with Crippen LogP contribution in [0.15, 0.2) is 23.4 Å². The molecule has 0 saturated carbocycles. The number of carbonyl (C=O) groups excluding carboxylic acids is 2. The Morgan fingerprint density at radius 3 is 2.65 bits per heavy atom. The molecule has 4 atom stereocenters. The topological polar surface area (TPSA) is 200 Å². The molecule has 4 aromatic heterocycles. The minimum absolute atomic E-state index is 0.0705. The maximum absolute atomic E-state index is 11.4. The van der Waals surface area contributed by atoms with Crippen LogP contribution in [-0.4, -0.2) is 70.9 Å². The number of aryl methyl sites for hydroxylation is 2. The molecule has 37 heavy (non-hydrogen) atoms. The number of imidazole rings is 2. The molecule has 1 saturated heterocycles. The van der Waals surface area contributed by atoms with Crippen molar-refractivity contribution in [2.24, 2.45) is 7.05 Å². The molecule has 16 nitrogen and oxygen atoms in total. The predicted molar refractivity (Wildman–Crippen MR) is 124 cm³/mol. The number of nitrogens with zero attached hydrogens (tertiary/aromatic N) is 8. The van der Waals surface area contributed by atoms with E-state index in [2.05, 4.69) is 35.4 Å². The third kappa shape index (κ3) is 4.65. The molecule has 16 heteroatoms. The lowest BCUT2D eigenvalue weighted by Crippen LogP contribution is -2.34. The molecule has 0 amide bonds. The summed E-state index contributed by atoms with van der Waals surface area (Å²) < 4.78 is 25.3. The second-order valence-electron chi connectivity index (χ2n) is 8.21. The number of nitrogens with one attached hydrogen (secondary N) is 1. The van der Waals surface area contributed by atoms with Crippen molar-refractivity contribution in [3.8, 4) is 0 Å². The van der Waals surface area contributed by atoms with Crippen molar-refractivity contribution in [2.45, 2.75) is 44.3 Å². The molecule has 0 radical (unpaired) electrons. The summed E-state index contributed by atoms with van der Waals surface area (Å²) in [6.07, 6.45) is 2.03. The van der Waals surface area contributed by atoms with Gasteiger partial charge < -0.3 is 34.4 Å². The summed E-state index contributed by atoms with van der Waals surface area (Å²) in [5.74, 6) is 0.905. The van der Waals surface area contributed by atoms with Crippen LogP contribution in [-0.2, 0) is 43.7 Å². The Morgan fingerprint density at radius 2 is 1.95 bits per heavy atom. The lowest BCUT2D eigenvalue weighted by molar-refractivity contribution is -0.151. The van der Waals surface area contributed by atoms with E-state index in [0.717, 1.165) is 5.69 Å². The van der Waals surface area contributed by atoms with E-state index in [1.54, 1.807) is 6.33 Å². The number of nitrogen functional groups attached to an aromatic ring is 1. The molecule has 1 aliphatic heterocycles. The molecule has 0 aliphatic carbocycles. The Balaban J connectivity index is 1.45. The smallest absolute Gasteiger partial charge is 0.293 e. The van der Waals surface area contributed by atoms with Crippen molar-refractivity contribution < 1.29 is 28.3 Å². The van der Waals surface area contributed by atoms with Gasteiger partial charge in [-0.3, -0.25) is 14.2 Å². The van der Waals surface area contributed by atoms with Gasteiger partial charge in [-0.2, -0.15) is 15.0 Å². The van der Waals surface area contributed by atoms with Crippen LogP contribution in [0.25, 0.3) is 11.2 Å². The Morgan fingerprint density at radius 1 is 1.14 bits per heavy atom. The van der Waals surface area contributed by atoms with Crippen LogP contribution in [0.1, 0.15) is 36.7 Å². The van der Waals surface area contributed by atoms with Crippen LogP contribution in [0.3, 0.4) is 0 Å². The zero-order valence-electron chi connectivity index (χ0n) is 19.9. The zero-order valence-corrected chi connectivity index (χ0v) is 19.9. The van der Waals surface area contributed by atoms with E-state index in [1.165, 1.54) is 10.9 Å². The number of hydrogen-bond donors (Lipinski definition) is 2. The molecule has 1 aliphatic rings. The molecule has 4 aromatic rings. The number of aromatic nitrogens is 8. The molecule has 0 bridgehead atoms. The molecular weight excluding hydrogens is 488 g/mol. The number of anilines is 2. The second kappa shape index (κ2) is 10.2. The number of fused-ring (bicyclic) bond motifs is 1.